The van der Waals surface area contributed by atoms with E-state index in [0.29, 0.717) is 11.3 Å². The molecule has 0 spiro atoms. The number of hydrogen-bond donors (Lipinski definition) is 2. The number of hydrogen-bond acceptors (Lipinski definition) is 3. The predicted molar refractivity (Wildman–Crippen MR) is 62.4 cm³/mol. The van der Waals surface area contributed by atoms with Gasteiger partial charge >= 0.3 is 5.97 Å². The van der Waals surface area contributed by atoms with Crippen LogP contribution in [-0.4, -0.2) is 24.1 Å². The molecule has 0 aliphatic heterocycles. The number of carbonyl (C=O) groups is 2. The Labute approximate surface area is 98.7 Å². The van der Waals surface area contributed by atoms with Gasteiger partial charge in [0, 0.05) is 6.92 Å². The number of amides is 1. The molecule has 1 amide bonds. The summed E-state index contributed by atoms with van der Waals surface area (Å²) in [7, 11) is 1.55. The van der Waals surface area contributed by atoms with Crippen molar-refractivity contribution in [2.24, 2.45) is 0 Å². The maximum atomic E-state index is 10.9. The lowest BCUT2D eigenvalue weighted by molar-refractivity contribution is -0.134. The normalized spacial score (nSPS) is 10.8. The number of benzene rings is 1. The summed E-state index contributed by atoms with van der Waals surface area (Å²) in [6.07, 6.45) is 1.38. The lowest BCUT2D eigenvalue weighted by Crippen LogP contribution is -2.24. The molecule has 17 heavy (non-hydrogen) atoms. The second-order valence-corrected chi connectivity index (χ2v) is 3.32. The maximum absolute atomic E-state index is 10.9. The molecule has 0 aromatic heterocycles. The Morgan fingerprint density at radius 3 is 2.29 bits per heavy atom. The van der Waals surface area contributed by atoms with Crippen LogP contribution in [0.5, 0.6) is 5.75 Å². The molecule has 0 aliphatic carbocycles. The first-order chi connectivity index (χ1) is 8.02. The van der Waals surface area contributed by atoms with Crippen LogP contribution in [0.2, 0.25) is 0 Å². The van der Waals surface area contributed by atoms with E-state index in [1.54, 1.807) is 31.4 Å². The van der Waals surface area contributed by atoms with Crippen molar-refractivity contribution in [1.82, 2.24) is 5.32 Å². The molecule has 0 saturated carbocycles. The summed E-state index contributed by atoms with van der Waals surface area (Å²) >= 11 is 0. The highest BCUT2D eigenvalue weighted by Gasteiger charge is 2.08. The zero-order valence-corrected chi connectivity index (χ0v) is 9.56. The Kier molecular flexibility index (Phi) is 4.28. The average Bonchev–Trinajstić information content (AvgIpc) is 2.28. The van der Waals surface area contributed by atoms with Crippen LogP contribution in [0.15, 0.2) is 30.0 Å². The summed E-state index contributed by atoms with van der Waals surface area (Å²) in [6.45, 7) is 1.25. The molecule has 1 aromatic carbocycles. The van der Waals surface area contributed by atoms with Crippen molar-refractivity contribution in [3.05, 3.63) is 35.5 Å². The van der Waals surface area contributed by atoms with E-state index in [2.05, 4.69) is 5.32 Å². The first kappa shape index (κ1) is 12.8. The molecule has 2 N–H and O–H groups in total. The van der Waals surface area contributed by atoms with Gasteiger partial charge in [-0.1, -0.05) is 12.1 Å². The third-order valence-electron chi connectivity index (χ3n) is 1.97. The van der Waals surface area contributed by atoms with Gasteiger partial charge in [-0.15, -0.1) is 0 Å². The third-order valence-corrected chi connectivity index (χ3v) is 1.97. The van der Waals surface area contributed by atoms with E-state index >= 15 is 0 Å². The summed E-state index contributed by atoms with van der Waals surface area (Å²) in [5, 5.41) is 11.1. The molecular formula is C12H13NO4. The van der Waals surface area contributed by atoms with Crippen molar-refractivity contribution >= 4 is 18.0 Å². The van der Waals surface area contributed by atoms with E-state index < -0.39 is 11.9 Å². The van der Waals surface area contributed by atoms with Crippen molar-refractivity contribution in [3.8, 4) is 5.75 Å². The largest absolute Gasteiger partial charge is 0.497 e. The van der Waals surface area contributed by atoms with E-state index in [1.807, 2.05) is 0 Å². The fraction of sp³-hybridized carbons (Fsp3) is 0.167. The standard InChI is InChI=1S/C12H13NO4/c1-8(14)13-11(12(15)16)7-9-3-5-10(17-2)6-4-9/h3-7H,1-2H3,(H,13,14)(H,15,16)/b11-7+. The summed E-state index contributed by atoms with van der Waals surface area (Å²) in [6, 6.07) is 6.81. The first-order valence-corrected chi connectivity index (χ1v) is 4.89. The number of ether oxygens (including phenoxy) is 1. The van der Waals surface area contributed by atoms with Crippen LogP contribution in [0, 0.1) is 0 Å². The minimum atomic E-state index is -1.18. The van der Waals surface area contributed by atoms with Crippen LogP contribution in [0.3, 0.4) is 0 Å². The smallest absolute Gasteiger partial charge is 0.352 e. The van der Waals surface area contributed by atoms with E-state index in [1.165, 1.54) is 13.0 Å². The highest BCUT2D eigenvalue weighted by molar-refractivity contribution is 5.96. The Hall–Kier alpha value is -2.30. The van der Waals surface area contributed by atoms with Crippen molar-refractivity contribution in [2.75, 3.05) is 7.11 Å². The molecule has 0 atom stereocenters. The number of nitrogens with one attached hydrogen (secondary N) is 1. The SMILES string of the molecule is COc1ccc(/C=C(/NC(C)=O)C(=O)O)cc1. The molecule has 0 unspecified atom stereocenters. The Bertz CT molecular complexity index is 448. The quantitative estimate of drug-likeness (QED) is 0.770. The number of carboxylic acids is 1. The van der Waals surface area contributed by atoms with Gasteiger partial charge < -0.3 is 15.2 Å². The molecule has 0 saturated heterocycles. The molecular weight excluding hydrogens is 222 g/mol. The number of carboxylic acid groups (broad SMARTS) is 1. The number of aliphatic carboxylic acids is 1. The zero-order valence-electron chi connectivity index (χ0n) is 9.56. The Morgan fingerprint density at radius 2 is 1.88 bits per heavy atom. The molecule has 0 aliphatic rings. The first-order valence-electron chi connectivity index (χ1n) is 4.89. The van der Waals surface area contributed by atoms with Crippen LogP contribution >= 0.6 is 0 Å². The van der Waals surface area contributed by atoms with Crippen LogP contribution < -0.4 is 10.1 Å². The summed E-state index contributed by atoms with van der Waals surface area (Å²) in [5.74, 6) is -0.929. The second kappa shape index (κ2) is 5.69. The van der Waals surface area contributed by atoms with Gasteiger partial charge in [-0.2, -0.15) is 0 Å². The van der Waals surface area contributed by atoms with Crippen molar-refractivity contribution in [3.63, 3.8) is 0 Å². The molecule has 5 heteroatoms. The molecule has 1 aromatic rings. The number of carbonyl (C=O) groups excluding carboxylic acids is 1. The monoisotopic (exact) mass is 235 g/mol. The number of methoxy groups -OCH3 is 1. The maximum Gasteiger partial charge on any atom is 0.352 e. The fourth-order valence-corrected chi connectivity index (χ4v) is 1.21. The van der Waals surface area contributed by atoms with Gasteiger partial charge in [0.2, 0.25) is 5.91 Å². The molecule has 5 nitrogen and oxygen atoms in total. The highest BCUT2D eigenvalue weighted by Crippen LogP contribution is 2.13. The van der Waals surface area contributed by atoms with Gasteiger partial charge in [0.1, 0.15) is 11.4 Å². The minimum Gasteiger partial charge on any atom is -0.497 e. The molecule has 90 valence electrons. The molecule has 0 radical (unpaired) electrons. The van der Waals surface area contributed by atoms with Gasteiger partial charge in [0.05, 0.1) is 7.11 Å². The lowest BCUT2D eigenvalue weighted by atomic mass is 10.2. The molecule has 0 heterocycles. The van der Waals surface area contributed by atoms with Crippen LogP contribution in [0.4, 0.5) is 0 Å². The van der Waals surface area contributed by atoms with Gasteiger partial charge in [-0.05, 0) is 23.8 Å². The molecule has 0 bridgehead atoms. The van der Waals surface area contributed by atoms with Gasteiger partial charge in [-0.3, -0.25) is 4.79 Å². The minimum absolute atomic E-state index is 0.164. The van der Waals surface area contributed by atoms with E-state index in [9.17, 15) is 9.59 Å². The second-order valence-electron chi connectivity index (χ2n) is 3.32. The summed E-state index contributed by atoms with van der Waals surface area (Å²) in [4.78, 5) is 21.7. The van der Waals surface area contributed by atoms with Gasteiger partial charge in [-0.25, -0.2) is 4.79 Å². The average molecular weight is 235 g/mol. The highest BCUT2D eigenvalue weighted by atomic mass is 16.5. The van der Waals surface area contributed by atoms with Gasteiger partial charge in [0.25, 0.3) is 0 Å². The van der Waals surface area contributed by atoms with E-state index in [4.69, 9.17) is 9.84 Å². The van der Waals surface area contributed by atoms with Crippen molar-refractivity contribution < 1.29 is 19.4 Å². The van der Waals surface area contributed by atoms with Gasteiger partial charge in [0.15, 0.2) is 0 Å². The summed E-state index contributed by atoms with van der Waals surface area (Å²) in [5.41, 5.74) is 0.500. The lowest BCUT2D eigenvalue weighted by Gasteiger charge is -2.03. The third kappa shape index (κ3) is 3.98. The molecule has 0 fully saturated rings. The van der Waals surface area contributed by atoms with Crippen molar-refractivity contribution in [2.45, 2.75) is 6.92 Å². The Balaban J connectivity index is 2.95. The summed E-state index contributed by atoms with van der Waals surface area (Å²) < 4.78 is 4.98. The topological polar surface area (TPSA) is 75.6 Å². The predicted octanol–water partition coefficient (Wildman–Crippen LogP) is 1.26. The van der Waals surface area contributed by atoms with E-state index in [-0.39, 0.29) is 5.70 Å². The van der Waals surface area contributed by atoms with Crippen LogP contribution in [-0.2, 0) is 9.59 Å². The fourth-order valence-electron chi connectivity index (χ4n) is 1.21. The molecule has 1 rings (SSSR count). The van der Waals surface area contributed by atoms with Crippen molar-refractivity contribution in [1.29, 1.82) is 0 Å². The van der Waals surface area contributed by atoms with E-state index in [0.717, 1.165) is 0 Å². The van der Waals surface area contributed by atoms with Crippen LogP contribution in [0.25, 0.3) is 6.08 Å². The number of rotatable bonds is 4. The zero-order chi connectivity index (χ0) is 12.8. The Morgan fingerprint density at radius 1 is 1.29 bits per heavy atom. The van der Waals surface area contributed by atoms with Crippen LogP contribution in [0.1, 0.15) is 12.5 Å².